The Morgan fingerprint density at radius 1 is 1.17 bits per heavy atom. The van der Waals surface area contributed by atoms with Crippen LogP contribution in [-0.4, -0.2) is 37.8 Å². The molecule has 0 spiro atoms. The summed E-state index contributed by atoms with van der Waals surface area (Å²) >= 11 is 6.14. The van der Waals surface area contributed by atoms with Gasteiger partial charge in [0.1, 0.15) is 5.75 Å². The lowest BCUT2D eigenvalue weighted by molar-refractivity contribution is -0.189. The first-order chi connectivity index (χ1) is 13.8. The number of rotatable bonds is 4. The molecule has 0 N–H and O–H groups in total. The molecule has 1 amide bonds. The molecule has 2 aromatic carbocycles. The number of sulfone groups is 1. The number of carbonyl (C=O) groups excluding carboxylic acids is 1. The normalized spacial score (nSPS) is 15.1. The van der Waals surface area contributed by atoms with Crippen molar-refractivity contribution in [3.05, 3.63) is 57.6 Å². The highest BCUT2D eigenvalue weighted by molar-refractivity contribution is 7.90. The van der Waals surface area contributed by atoms with Crippen LogP contribution >= 0.6 is 11.6 Å². The summed E-state index contributed by atoms with van der Waals surface area (Å²) in [6, 6.07) is 6.84. The third kappa shape index (κ3) is 4.57. The zero-order chi connectivity index (χ0) is 22.4. The van der Waals surface area contributed by atoms with Gasteiger partial charge in [-0.3, -0.25) is 4.79 Å². The van der Waals surface area contributed by atoms with Crippen LogP contribution in [0.2, 0.25) is 5.02 Å². The van der Waals surface area contributed by atoms with Gasteiger partial charge in [0.25, 0.3) is 5.91 Å². The number of fused-ring (bicyclic) bond motifs is 1. The lowest BCUT2D eigenvalue weighted by atomic mass is 10.1. The molecule has 0 saturated heterocycles. The van der Waals surface area contributed by atoms with Crippen molar-refractivity contribution in [2.45, 2.75) is 44.1 Å². The van der Waals surface area contributed by atoms with E-state index in [-0.39, 0.29) is 29.3 Å². The summed E-state index contributed by atoms with van der Waals surface area (Å²) in [4.78, 5) is 14.4. The molecular weight excluding hydrogens is 443 g/mol. The molecule has 0 saturated carbocycles. The smallest absolute Gasteiger partial charge is 0.425 e. The maximum atomic E-state index is 13.2. The molecule has 0 unspecified atom stereocenters. The summed E-state index contributed by atoms with van der Waals surface area (Å²) in [5.41, 5.74) is 2.29. The zero-order valence-corrected chi connectivity index (χ0v) is 18.0. The van der Waals surface area contributed by atoms with Crippen LogP contribution in [-0.2, 0) is 22.9 Å². The average Bonchev–Trinajstić information content (AvgIpc) is 3.02. The highest BCUT2D eigenvalue weighted by atomic mass is 35.5. The molecule has 5 nitrogen and oxygen atoms in total. The lowest BCUT2D eigenvalue weighted by Crippen LogP contribution is -2.32. The minimum Gasteiger partial charge on any atom is -0.480 e. The van der Waals surface area contributed by atoms with Crippen molar-refractivity contribution in [1.82, 2.24) is 4.90 Å². The molecule has 3 rings (SSSR count). The van der Waals surface area contributed by atoms with Crippen molar-refractivity contribution in [3.8, 4) is 5.75 Å². The largest absolute Gasteiger partial charge is 0.480 e. The number of hydrogen-bond donors (Lipinski definition) is 0. The summed E-state index contributed by atoms with van der Waals surface area (Å²) in [6.07, 6.45) is -5.87. The number of aryl methyl sites for hydroxylation is 1. The molecule has 0 fully saturated rings. The van der Waals surface area contributed by atoms with Crippen LogP contribution in [0, 0.1) is 6.92 Å². The molecule has 1 aliphatic rings. The van der Waals surface area contributed by atoms with Gasteiger partial charge in [0.2, 0.25) is 0 Å². The maximum absolute atomic E-state index is 13.2. The maximum Gasteiger partial charge on any atom is 0.425 e. The van der Waals surface area contributed by atoms with E-state index in [0.29, 0.717) is 5.02 Å². The molecule has 1 atom stereocenters. The standard InChI is InChI=1S/C20H19ClF3NO4S/c1-11-6-13-9-25(10-14(13)7-17(11)21)19(26)16-8-15(30(3,27)28)4-5-18(16)29-12(2)20(22,23)24/h4-8,12H,9-10H2,1-3H3/t12-/m1/s1. The molecule has 2 aromatic rings. The van der Waals surface area contributed by atoms with Crippen LogP contribution < -0.4 is 4.74 Å². The third-order valence-electron chi connectivity index (χ3n) is 4.86. The first-order valence-corrected chi connectivity index (χ1v) is 11.2. The van der Waals surface area contributed by atoms with Gasteiger partial charge in [-0.25, -0.2) is 8.42 Å². The molecule has 0 aliphatic carbocycles. The minimum absolute atomic E-state index is 0.187. The van der Waals surface area contributed by atoms with E-state index in [1.807, 2.05) is 13.0 Å². The first kappa shape index (κ1) is 22.4. The van der Waals surface area contributed by atoms with Gasteiger partial charge in [0, 0.05) is 24.4 Å². The van der Waals surface area contributed by atoms with Crippen molar-refractivity contribution in [3.63, 3.8) is 0 Å². The van der Waals surface area contributed by atoms with Gasteiger partial charge >= 0.3 is 6.18 Å². The predicted octanol–water partition coefficient (Wildman–Crippen LogP) is 4.54. The van der Waals surface area contributed by atoms with Crippen molar-refractivity contribution < 1.29 is 31.1 Å². The van der Waals surface area contributed by atoms with E-state index >= 15 is 0 Å². The van der Waals surface area contributed by atoms with Gasteiger partial charge in [-0.15, -0.1) is 0 Å². The quantitative estimate of drug-likeness (QED) is 0.670. The van der Waals surface area contributed by atoms with Gasteiger partial charge in [0.15, 0.2) is 15.9 Å². The van der Waals surface area contributed by atoms with E-state index in [1.54, 1.807) is 6.07 Å². The second kappa shape index (κ2) is 7.77. The minimum atomic E-state index is -4.64. The van der Waals surface area contributed by atoms with E-state index in [9.17, 15) is 26.4 Å². The highest BCUT2D eigenvalue weighted by Crippen LogP contribution is 2.33. The number of hydrogen-bond acceptors (Lipinski definition) is 4. The van der Waals surface area contributed by atoms with Crippen molar-refractivity contribution in [2.24, 2.45) is 0 Å². The van der Waals surface area contributed by atoms with Crippen molar-refractivity contribution in [1.29, 1.82) is 0 Å². The first-order valence-electron chi connectivity index (χ1n) is 8.92. The predicted molar refractivity (Wildman–Crippen MR) is 105 cm³/mol. The lowest BCUT2D eigenvalue weighted by Gasteiger charge is -2.22. The number of amides is 1. The van der Waals surface area contributed by atoms with E-state index in [0.717, 1.165) is 48.1 Å². The molecule has 162 valence electrons. The summed E-state index contributed by atoms with van der Waals surface area (Å²) in [7, 11) is -3.69. The van der Waals surface area contributed by atoms with Gasteiger partial charge in [0.05, 0.1) is 10.5 Å². The van der Waals surface area contributed by atoms with Gasteiger partial charge in [-0.05, 0) is 54.8 Å². The Balaban J connectivity index is 1.99. The third-order valence-corrected chi connectivity index (χ3v) is 6.38. The summed E-state index contributed by atoms with van der Waals surface area (Å²) in [5.74, 6) is -0.961. The molecule has 30 heavy (non-hydrogen) atoms. The SMILES string of the molecule is Cc1cc2c(cc1Cl)CN(C(=O)c1cc(S(C)(=O)=O)ccc1O[C@H](C)C(F)(F)F)C2. The number of halogens is 4. The van der Waals surface area contributed by atoms with E-state index in [4.69, 9.17) is 16.3 Å². The van der Waals surface area contributed by atoms with Crippen LogP contribution in [0.4, 0.5) is 13.2 Å². The van der Waals surface area contributed by atoms with Crippen LogP contribution in [0.1, 0.15) is 34.0 Å². The van der Waals surface area contributed by atoms with Crippen LogP contribution in [0.3, 0.4) is 0 Å². The molecule has 0 aromatic heterocycles. The molecule has 1 aliphatic heterocycles. The second-order valence-electron chi connectivity index (χ2n) is 7.26. The Bertz CT molecular complexity index is 1080. The van der Waals surface area contributed by atoms with E-state index in [2.05, 4.69) is 0 Å². The zero-order valence-electron chi connectivity index (χ0n) is 16.4. The van der Waals surface area contributed by atoms with Gasteiger partial charge in [-0.1, -0.05) is 17.7 Å². The monoisotopic (exact) mass is 461 g/mol. The highest BCUT2D eigenvalue weighted by Gasteiger charge is 2.39. The van der Waals surface area contributed by atoms with Gasteiger partial charge in [-0.2, -0.15) is 13.2 Å². The summed E-state index contributed by atoms with van der Waals surface area (Å²) in [6.45, 7) is 3.07. The summed E-state index contributed by atoms with van der Waals surface area (Å²) < 4.78 is 67.7. The Hall–Kier alpha value is -2.26. The van der Waals surface area contributed by atoms with E-state index < -0.39 is 28.0 Å². The van der Waals surface area contributed by atoms with E-state index in [1.165, 1.54) is 4.90 Å². The molecular formula is C20H19ClF3NO4S. The topological polar surface area (TPSA) is 63.7 Å². The number of nitrogens with zero attached hydrogens (tertiary/aromatic N) is 1. The van der Waals surface area contributed by atoms with Crippen LogP contribution in [0.5, 0.6) is 5.75 Å². The number of ether oxygens (including phenoxy) is 1. The molecule has 0 bridgehead atoms. The van der Waals surface area contributed by atoms with Crippen LogP contribution in [0.15, 0.2) is 35.2 Å². The fourth-order valence-corrected chi connectivity index (χ4v) is 3.96. The Morgan fingerprint density at radius 3 is 2.33 bits per heavy atom. The fraction of sp³-hybridized carbons (Fsp3) is 0.350. The number of carbonyl (C=O) groups is 1. The second-order valence-corrected chi connectivity index (χ2v) is 9.69. The molecule has 10 heteroatoms. The number of benzene rings is 2. The van der Waals surface area contributed by atoms with Gasteiger partial charge < -0.3 is 9.64 Å². The fourth-order valence-electron chi connectivity index (χ4n) is 3.12. The summed E-state index contributed by atoms with van der Waals surface area (Å²) in [5, 5.41) is 0.546. The van der Waals surface area contributed by atoms with Crippen molar-refractivity contribution in [2.75, 3.05) is 6.26 Å². The van der Waals surface area contributed by atoms with Crippen molar-refractivity contribution >= 4 is 27.3 Å². The molecule has 1 heterocycles. The Morgan fingerprint density at radius 2 is 1.77 bits per heavy atom. The average molecular weight is 462 g/mol. The van der Waals surface area contributed by atoms with Crippen LogP contribution in [0.25, 0.3) is 0 Å². The molecule has 0 radical (unpaired) electrons. The number of alkyl halides is 3. The Labute approximate surface area is 177 Å². The Kier molecular flexibility index (Phi) is 5.81.